The fourth-order valence-electron chi connectivity index (χ4n) is 2.67. The summed E-state index contributed by atoms with van der Waals surface area (Å²) in [5.41, 5.74) is 3.66. The van der Waals surface area contributed by atoms with Crippen molar-refractivity contribution in [1.82, 2.24) is 10.3 Å². The molecule has 116 valence electrons. The Morgan fingerprint density at radius 1 is 1.09 bits per heavy atom. The van der Waals surface area contributed by atoms with Crippen molar-refractivity contribution in [2.45, 2.75) is 46.5 Å². The van der Waals surface area contributed by atoms with Gasteiger partial charge < -0.3 is 10.6 Å². The summed E-state index contributed by atoms with van der Waals surface area (Å²) in [7, 11) is 0. The number of hydrogen-bond acceptors (Lipinski definition) is 4. The van der Waals surface area contributed by atoms with Crippen LogP contribution in [0.25, 0.3) is 0 Å². The second-order valence-electron chi connectivity index (χ2n) is 6.48. The van der Waals surface area contributed by atoms with Crippen molar-refractivity contribution in [1.29, 1.82) is 0 Å². The van der Waals surface area contributed by atoms with E-state index < -0.39 is 0 Å². The molecule has 0 aromatic carbocycles. The third-order valence-electron chi connectivity index (χ3n) is 4.16. The SMILES string of the molecule is CC(C)C1=NC2=C(CC1)NC(=O)c1cc(C(C)C)cnc1N2. The van der Waals surface area contributed by atoms with E-state index in [1.807, 2.05) is 12.3 Å². The van der Waals surface area contributed by atoms with Gasteiger partial charge in [0, 0.05) is 11.9 Å². The second kappa shape index (κ2) is 5.55. The van der Waals surface area contributed by atoms with Crippen molar-refractivity contribution in [2.24, 2.45) is 10.9 Å². The minimum atomic E-state index is -0.106. The van der Waals surface area contributed by atoms with Crippen LogP contribution in [0.15, 0.2) is 28.8 Å². The van der Waals surface area contributed by atoms with E-state index in [1.54, 1.807) is 0 Å². The molecule has 0 saturated heterocycles. The summed E-state index contributed by atoms with van der Waals surface area (Å²) in [6.07, 6.45) is 3.51. The van der Waals surface area contributed by atoms with Gasteiger partial charge in [-0.2, -0.15) is 0 Å². The molecular formula is C17H22N4O. The normalized spacial score (nSPS) is 17.5. The van der Waals surface area contributed by atoms with Crippen LogP contribution in [-0.2, 0) is 0 Å². The van der Waals surface area contributed by atoms with Gasteiger partial charge in [-0.1, -0.05) is 27.7 Å². The van der Waals surface area contributed by atoms with Crippen molar-refractivity contribution in [2.75, 3.05) is 5.32 Å². The quantitative estimate of drug-likeness (QED) is 0.879. The largest absolute Gasteiger partial charge is 0.323 e. The predicted octanol–water partition coefficient (Wildman–Crippen LogP) is 3.42. The molecule has 22 heavy (non-hydrogen) atoms. The van der Waals surface area contributed by atoms with E-state index in [2.05, 4.69) is 48.3 Å². The van der Waals surface area contributed by atoms with Gasteiger partial charge in [-0.3, -0.25) is 4.79 Å². The first-order chi connectivity index (χ1) is 10.5. The van der Waals surface area contributed by atoms with E-state index in [9.17, 15) is 4.79 Å². The van der Waals surface area contributed by atoms with Crippen molar-refractivity contribution in [3.63, 3.8) is 0 Å². The Bertz CT molecular complexity index is 686. The van der Waals surface area contributed by atoms with Crippen LogP contribution in [0, 0.1) is 5.92 Å². The van der Waals surface area contributed by atoms with Gasteiger partial charge in [0.05, 0.1) is 11.3 Å². The van der Waals surface area contributed by atoms with Crippen LogP contribution in [0.2, 0.25) is 0 Å². The Morgan fingerprint density at radius 3 is 2.55 bits per heavy atom. The van der Waals surface area contributed by atoms with Gasteiger partial charge in [0.1, 0.15) is 5.82 Å². The summed E-state index contributed by atoms with van der Waals surface area (Å²) >= 11 is 0. The first kappa shape index (κ1) is 14.8. The lowest BCUT2D eigenvalue weighted by Gasteiger charge is -2.20. The van der Waals surface area contributed by atoms with Gasteiger partial charge >= 0.3 is 0 Å². The highest BCUT2D eigenvalue weighted by atomic mass is 16.1. The van der Waals surface area contributed by atoms with Gasteiger partial charge in [-0.25, -0.2) is 9.98 Å². The monoisotopic (exact) mass is 298 g/mol. The second-order valence-corrected chi connectivity index (χ2v) is 6.48. The van der Waals surface area contributed by atoms with E-state index >= 15 is 0 Å². The lowest BCUT2D eigenvalue weighted by Crippen LogP contribution is -2.26. The molecule has 0 saturated carbocycles. The molecule has 2 aliphatic rings. The molecule has 0 bridgehead atoms. The molecule has 0 spiro atoms. The molecule has 5 nitrogen and oxygen atoms in total. The number of aliphatic imine (C=N–C) groups is 1. The van der Waals surface area contributed by atoms with Gasteiger partial charge in [-0.15, -0.1) is 0 Å². The van der Waals surface area contributed by atoms with Crippen LogP contribution in [0.3, 0.4) is 0 Å². The van der Waals surface area contributed by atoms with Crippen LogP contribution < -0.4 is 10.6 Å². The number of amides is 1. The number of anilines is 1. The first-order valence-electron chi connectivity index (χ1n) is 7.84. The highest BCUT2D eigenvalue weighted by molar-refractivity contribution is 6.01. The maximum Gasteiger partial charge on any atom is 0.259 e. The molecule has 0 unspecified atom stereocenters. The Morgan fingerprint density at radius 2 is 1.86 bits per heavy atom. The molecule has 0 radical (unpaired) electrons. The molecule has 2 aliphatic heterocycles. The minimum absolute atomic E-state index is 0.106. The van der Waals surface area contributed by atoms with Gasteiger partial charge in [0.25, 0.3) is 5.91 Å². The maximum absolute atomic E-state index is 12.5. The van der Waals surface area contributed by atoms with E-state index in [1.165, 1.54) is 0 Å². The smallest absolute Gasteiger partial charge is 0.259 e. The Labute approximate surface area is 130 Å². The molecule has 2 N–H and O–H groups in total. The summed E-state index contributed by atoms with van der Waals surface area (Å²) in [4.78, 5) is 21.6. The van der Waals surface area contributed by atoms with Crippen LogP contribution in [-0.4, -0.2) is 16.6 Å². The Hall–Kier alpha value is -2.17. The molecule has 0 fully saturated rings. The predicted molar refractivity (Wildman–Crippen MR) is 87.9 cm³/mol. The number of nitrogens with one attached hydrogen (secondary N) is 2. The number of pyridine rings is 1. The number of nitrogens with zero attached hydrogens (tertiary/aromatic N) is 2. The zero-order valence-electron chi connectivity index (χ0n) is 13.5. The topological polar surface area (TPSA) is 66.4 Å². The number of carbonyl (C=O) groups is 1. The van der Waals surface area contributed by atoms with E-state index in [4.69, 9.17) is 0 Å². The molecule has 1 aromatic heterocycles. The first-order valence-corrected chi connectivity index (χ1v) is 7.84. The Balaban J connectivity index is 2.01. The fourth-order valence-corrected chi connectivity index (χ4v) is 2.67. The lowest BCUT2D eigenvalue weighted by molar-refractivity contribution is 0.0965. The molecule has 0 aliphatic carbocycles. The maximum atomic E-state index is 12.5. The van der Waals surface area contributed by atoms with Gasteiger partial charge in [-0.05, 0) is 36.3 Å². The third kappa shape index (κ3) is 2.63. The van der Waals surface area contributed by atoms with Crippen molar-refractivity contribution < 1.29 is 4.79 Å². The van der Waals surface area contributed by atoms with Gasteiger partial charge in [0.2, 0.25) is 0 Å². The summed E-state index contributed by atoms with van der Waals surface area (Å²) in [5, 5.41) is 6.23. The van der Waals surface area contributed by atoms with Crippen LogP contribution in [0.4, 0.5) is 5.82 Å². The minimum Gasteiger partial charge on any atom is -0.323 e. The number of fused-ring (bicyclic) bond motifs is 1. The molecule has 3 heterocycles. The zero-order valence-corrected chi connectivity index (χ0v) is 13.5. The Kier molecular flexibility index (Phi) is 3.72. The standard InChI is InChI=1S/C17H22N4O/c1-9(2)11-7-12-15(18-8-11)21-16-14(20-17(12)22)6-5-13(19-16)10(3)4/h7-10H,5-6H2,1-4H3,(H,18,21)(H,20,22). The van der Waals surface area contributed by atoms with Crippen LogP contribution in [0.1, 0.15) is 62.4 Å². The van der Waals surface area contributed by atoms with E-state index in [0.29, 0.717) is 23.2 Å². The third-order valence-corrected chi connectivity index (χ3v) is 4.16. The highest BCUT2D eigenvalue weighted by Crippen LogP contribution is 2.28. The lowest BCUT2D eigenvalue weighted by atomic mass is 10.00. The van der Waals surface area contributed by atoms with Crippen molar-refractivity contribution in [3.8, 4) is 0 Å². The molecular weight excluding hydrogens is 276 g/mol. The number of hydrogen-bond donors (Lipinski definition) is 2. The number of rotatable bonds is 2. The summed E-state index contributed by atoms with van der Waals surface area (Å²) in [6.45, 7) is 8.46. The average molecular weight is 298 g/mol. The summed E-state index contributed by atoms with van der Waals surface area (Å²) in [5.74, 6) is 1.95. The van der Waals surface area contributed by atoms with Crippen molar-refractivity contribution >= 4 is 17.4 Å². The molecule has 3 rings (SSSR count). The molecule has 1 amide bonds. The molecule has 5 heteroatoms. The van der Waals surface area contributed by atoms with Gasteiger partial charge in [0.15, 0.2) is 5.82 Å². The van der Waals surface area contributed by atoms with Crippen molar-refractivity contribution in [3.05, 3.63) is 34.9 Å². The fraction of sp³-hybridized carbons (Fsp3) is 0.471. The van der Waals surface area contributed by atoms with E-state index in [-0.39, 0.29) is 5.91 Å². The van der Waals surface area contributed by atoms with Crippen LogP contribution in [0.5, 0.6) is 0 Å². The summed E-state index contributed by atoms with van der Waals surface area (Å²) in [6, 6.07) is 1.92. The molecule has 0 atom stereocenters. The number of allylic oxidation sites excluding steroid dienone is 1. The number of aromatic nitrogens is 1. The number of carbonyl (C=O) groups excluding carboxylic acids is 1. The molecule has 1 aromatic rings. The highest BCUT2D eigenvalue weighted by Gasteiger charge is 2.25. The average Bonchev–Trinajstić information content (AvgIpc) is 2.61. The zero-order chi connectivity index (χ0) is 15.9. The van der Waals surface area contributed by atoms with E-state index in [0.717, 1.165) is 35.6 Å². The van der Waals surface area contributed by atoms with Crippen LogP contribution >= 0.6 is 0 Å². The summed E-state index contributed by atoms with van der Waals surface area (Å²) < 4.78 is 0.